The summed E-state index contributed by atoms with van der Waals surface area (Å²) in [5.74, 6) is -0.246. The van der Waals surface area contributed by atoms with Gasteiger partial charge in [-0.3, -0.25) is 9.80 Å². The van der Waals surface area contributed by atoms with Crippen molar-refractivity contribution >= 4 is 6.09 Å². The highest BCUT2D eigenvalue weighted by Gasteiger charge is 2.37. The number of hydrogen-bond donors (Lipinski definition) is 2. The molecule has 1 aromatic carbocycles. The van der Waals surface area contributed by atoms with E-state index in [1.165, 1.54) is 17.0 Å². The molecule has 2 N–H and O–H groups in total. The number of aliphatic hydroxyl groups excluding tert-OH is 1. The van der Waals surface area contributed by atoms with Crippen LogP contribution in [0.5, 0.6) is 0 Å². The number of likely N-dealkylation sites (tertiary alicyclic amines) is 1. The zero-order chi connectivity index (χ0) is 16.4. The molecule has 0 spiro atoms. The molecule has 2 aliphatic heterocycles. The number of β-amino-alcohol motifs (C(OH)–C–C–N with tert-alkyl or cyclic N) is 1. The van der Waals surface area contributed by atoms with Crippen molar-refractivity contribution in [1.82, 2.24) is 14.7 Å². The van der Waals surface area contributed by atoms with E-state index in [4.69, 9.17) is 5.11 Å². The summed E-state index contributed by atoms with van der Waals surface area (Å²) < 4.78 is 12.9. The zero-order valence-electron chi connectivity index (χ0n) is 12.9. The van der Waals surface area contributed by atoms with Crippen LogP contribution in [0.1, 0.15) is 5.56 Å². The molecule has 0 radical (unpaired) electrons. The van der Waals surface area contributed by atoms with E-state index >= 15 is 0 Å². The van der Waals surface area contributed by atoms with Gasteiger partial charge in [0.25, 0.3) is 0 Å². The third kappa shape index (κ3) is 3.80. The maximum atomic E-state index is 12.9. The fourth-order valence-electron chi connectivity index (χ4n) is 3.43. The Kier molecular flexibility index (Phi) is 4.79. The Morgan fingerprint density at radius 2 is 1.78 bits per heavy atom. The second-order valence-corrected chi connectivity index (χ2v) is 6.26. The van der Waals surface area contributed by atoms with Crippen molar-refractivity contribution in [3.05, 3.63) is 35.6 Å². The molecule has 2 heterocycles. The van der Waals surface area contributed by atoms with Crippen molar-refractivity contribution in [2.75, 3.05) is 39.3 Å². The Balaban J connectivity index is 1.54. The highest BCUT2D eigenvalue weighted by atomic mass is 19.1. The Hall–Kier alpha value is -1.70. The van der Waals surface area contributed by atoms with Crippen molar-refractivity contribution in [2.24, 2.45) is 0 Å². The molecule has 3 rings (SSSR count). The molecule has 1 amide bonds. The monoisotopic (exact) mass is 323 g/mol. The molecule has 2 unspecified atom stereocenters. The lowest BCUT2D eigenvalue weighted by Crippen LogP contribution is -2.54. The summed E-state index contributed by atoms with van der Waals surface area (Å²) in [6, 6.07) is 6.46. The first-order valence-corrected chi connectivity index (χ1v) is 7.90. The van der Waals surface area contributed by atoms with Crippen LogP contribution in [0.4, 0.5) is 9.18 Å². The average molecular weight is 323 g/mol. The van der Waals surface area contributed by atoms with Gasteiger partial charge in [0.05, 0.1) is 6.10 Å². The van der Waals surface area contributed by atoms with Gasteiger partial charge in [0.15, 0.2) is 0 Å². The molecule has 2 saturated heterocycles. The first-order valence-electron chi connectivity index (χ1n) is 7.90. The highest BCUT2D eigenvalue weighted by Crippen LogP contribution is 2.20. The first-order chi connectivity index (χ1) is 11.0. The Morgan fingerprint density at radius 1 is 1.13 bits per heavy atom. The van der Waals surface area contributed by atoms with Gasteiger partial charge in [0.1, 0.15) is 5.82 Å². The molecule has 0 saturated carbocycles. The molecule has 23 heavy (non-hydrogen) atoms. The van der Waals surface area contributed by atoms with Crippen molar-refractivity contribution in [3.63, 3.8) is 0 Å². The molecule has 0 bridgehead atoms. The molecule has 0 aliphatic carbocycles. The fourth-order valence-corrected chi connectivity index (χ4v) is 3.43. The number of nitrogens with zero attached hydrogens (tertiary/aromatic N) is 3. The largest absolute Gasteiger partial charge is 0.465 e. The van der Waals surface area contributed by atoms with E-state index < -0.39 is 12.2 Å². The lowest BCUT2D eigenvalue weighted by molar-refractivity contribution is 0.0450. The minimum Gasteiger partial charge on any atom is -0.465 e. The lowest BCUT2D eigenvalue weighted by Gasteiger charge is -2.37. The van der Waals surface area contributed by atoms with E-state index in [0.29, 0.717) is 39.3 Å². The number of amides is 1. The predicted molar refractivity (Wildman–Crippen MR) is 82.6 cm³/mol. The topological polar surface area (TPSA) is 67.2 Å². The van der Waals surface area contributed by atoms with Crippen molar-refractivity contribution < 1.29 is 19.4 Å². The van der Waals surface area contributed by atoms with Crippen LogP contribution in [-0.2, 0) is 6.54 Å². The van der Waals surface area contributed by atoms with E-state index in [0.717, 1.165) is 12.1 Å². The van der Waals surface area contributed by atoms with Gasteiger partial charge in [-0.15, -0.1) is 0 Å². The molecule has 6 nitrogen and oxygen atoms in total. The minimum atomic E-state index is -0.880. The van der Waals surface area contributed by atoms with Crippen LogP contribution in [0.25, 0.3) is 0 Å². The van der Waals surface area contributed by atoms with E-state index in [1.54, 1.807) is 12.1 Å². The maximum Gasteiger partial charge on any atom is 0.407 e. The van der Waals surface area contributed by atoms with E-state index in [9.17, 15) is 14.3 Å². The standard InChI is InChI=1S/C16H22FN3O3/c17-13-3-1-12(2-4-13)9-18-10-14(15(21)11-18)19-5-7-20(8-6-19)16(22)23/h1-4,14-15,21H,5-11H2,(H,22,23). The van der Waals surface area contributed by atoms with Crippen LogP contribution in [0.15, 0.2) is 24.3 Å². The number of aliphatic hydroxyl groups is 1. The maximum absolute atomic E-state index is 12.9. The minimum absolute atomic E-state index is 0.0337. The zero-order valence-corrected chi connectivity index (χ0v) is 12.9. The second-order valence-electron chi connectivity index (χ2n) is 6.26. The number of carbonyl (C=O) groups is 1. The van der Waals surface area contributed by atoms with E-state index in [2.05, 4.69) is 9.80 Å². The van der Waals surface area contributed by atoms with Gasteiger partial charge in [-0.2, -0.15) is 0 Å². The highest BCUT2D eigenvalue weighted by molar-refractivity contribution is 5.65. The van der Waals surface area contributed by atoms with Gasteiger partial charge < -0.3 is 15.1 Å². The number of benzene rings is 1. The normalized spacial score (nSPS) is 26.6. The van der Waals surface area contributed by atoms with Crippen LogP contribution in [0, 0.1) is 5.82 Å². The summed E-state index contributed by atoms with van der Waals surface area (Å²) in [4.78, 5) is 16.7. The average Bonchev–Trinajstić information content (AvgIpc) is 2.90. The summed E-state index contributed by atoms with van der Waals surface area (Å²) in [5, 5.41) is 19.3. The van der Waals surface area contributed by atoms with E-state index in [-0.39, 0.29) is 11.9 Å². The smallest absolute Gasteiger partial charge is 0.407 e. The summed E-state index contributed by atoms with van der Waals surface area (Å²) >= 11 is 0. The number of piperazine rings is 1. The van der Waals surface area contributed by atoms with Gasteiger partial charge in [-0.05, 0) is 17.7 Å². The quantitative estimate of drug-likeness (QED) is 0.856. The van der Waals surface area contributed by atoms with Crippen molar-refractivity contribution in [3.8, 4) is 0 Å². The Labute approximate surface area is 134 Å². The summed E-state index contributed by atoms with van der Waals surface area (Å²) in [6.45, 7) is 4.28. The van der Waals surface area contributed by atoms with Crippen LogP contribution in [-0.4, -0.2) is 82.4 Å². The molecule has 7 heteroatoms. The Morgan fingerprint density at radius 3 is 2.39 bits per heavy atom. The molecule has 0 aromatic heterocycles. The van der Waals surface area contributed by atoms with Crippen molar-refractivity contribution in [1.29, 1.82) is 0 Å². The van der Waals surface area contributed by atoms with Gasteiger partial charge in [0, 0.05) is 51.9 Å². The molecule has 2 aliphatic rings. The van der Waals surface area contributed by atoms with Crippen molar-refractivity contribution in [2.45, 2.75) is 18.7 Å². The SMILES string of the molecule is O=C(O)N1CCN(C2CN(Cc3ccc(F)cc3)CC2O)CC1. The third-order valence-corrected chi connectivity index (χ3v) is 4.71. The molecule has 1 aromatic rings. The fraction of sp³-hybridized carbons (Fsp3) is 0.562. The molecule has 2 fully saturated rings. The molecular formula is C16H22FN3O3. The Bertz CT molecular complexity index is 546. The molecule has 126 valence electrons. The van der Waals surface area contributed by atoms with Gasteiger partial charge in [-0.25, -0.2) is 9.18 Å². The lowest BCUT2D eigenvalue weighted by atomic mass is 10.1. The number of hydrogen-bond acceptors (Lipinski definition) is 4. The van der Waals surface area contributed by atoms with Gasteiger partial charge >= 0.3 is 6.09 Å². The predicted octanol–water partition coefficient (Wildman–Crippen LogP) is 0.666. The van der Waals surface area contributed by atoms with Crippen LogP contribution >= 0.6 is 0 Å². The third-order valence-electron chi connectivity index (χ3n) is 4.71. The van der Waals surface area contributed by atoms with E-state index in [1.807, 2.05) is 0 Å². The number of rotatable bonds is 3. The molecular weight excluding hydrogens is 301 g/mol. The van der Waals surface area contributed by atoms with Crippen LogP contribution < -0.4 is 0 Å². The number of halogens is 1. The van der Waals surface area contributed by atoms with Gasteiger partial charge in [0.2, 0.25) is 0 Å². The van der Waals surface area contributed by atoms with Crippen LogP contribution in [0.2, 0.25) is 0 Å². The number of carboxylic acid groups (broad SMARTS) is 1. The van der Waals surface area contributed by atoms with Gasteiger partial charge in [-0.1, -0.05) is 12.1 Å². The summed E-state index contributed by atoms with van der Waals surface area (Å²) in [6.07, 6.45) is -1.32. The first kappa shape index (κ1) is 16.2. The second kappa shape index (κ2) is 6.82. The summed E-state index contributed by atoms with van der Waals surface area (Å²) in [5.41, 5.74) is 1.02. The van der Waals surface area contributed by atoms with Crippen LogP contribution in [0.3, 0.4) is 0 Å². The summed E-state index contributed by atoms with van der Waals surface area (Å²) in [7, 11) is 0. The molecule has 2 atom stereocenters.